The highest BCUT2D eigenvalue weighted by atomic mass is 35.5. The first-order valence-electron chi connectivity index (χ1n) is 8.76. The molecule has 31 heavy (non-hydrogen) atoms. The van der Waals surface area contributed by atoms with Crippen molar-refractivity contribution in [3.05, 3.63) is 83.4 Å². The fourth-order valence-corrected chi connectivity index (χ4v) is 4.44. The minimum Gasteiger partial charge on any atom is -0.377 e. The van der Waals surface area contributed by atoms with Gasteiger partial charge in [-0.3, -0.25) is 0 Å². The van der Waals surface area contributed by atoms with Crippen LogP contribution in [0, 0.1) is 6.92 Å². The summed E-state index contributed by atoms with van der Waals surface area (Å²) in [6, 6.07) is 15.9. The molecule has 0 heterocycles. The molecular weight excluding hydrogens is 464 g/mol. The third-order valence-corrected chi connectivity index (χ3v) is 6.84. The van der Waals surface area contributed by atoms with Crippen LogP contribution in [0.15, 0.2) is 82.6 Å². The monoisotopic (exact) mass is 480 g/mol. The van der Waals surface area contributed by atoms with E-state index in [0.717, 1.165) is 5.56 Å². The maximum Gasteiger partial charge on any atom is 0.339 e. The number of anilines is 1. The van der Waals surface area contributed by atoms with Gasteiger partial charge in [-0.1, -0.05) is 41.4 Å². The Morgan fingerprint density at radius 3 is 2.06 bits per heavy atom. The standard InChI is InChI=1S/C20H17ClN2O6S2/c1-14-6-10-17(11-7-14)31(27,28)29-19-5-3-2-4-18(19)22-20(24)23-30(25,26)16-12-8-15(21)9-13-16/h2-13H,1H3,(H2,22,23,24). The van der Waals surface area contributed by atoms with Crippen LogP contribution in [0.1, 0.15) is 5.56 Å². The second-order valence-electron chi connectivity index (χ2n) is 6.36. The number of amides is 2. The predicted molar refractivity (Wildman–Crippen MR) is 116 cm³/mol. The van der Waals surface area contributed by atoms with Crippen molar-refractivity contribution in [2.24, 2.45) is 0 Å². The van der Waals surface area contributed by atoms with Crippen molar-refractivity contribution in [1.29, 1.82) is 0 Å². The van der Waals surface area contributed by atoms with Crippen LogP contribution in [-0.2, 0) is 20.1 Å². The molecule has 3 aromatic rings. The minimum atomic E-state index is -4.17. The molecule has 0 spiro atoms. The highest BCUT2D eigenvalue weighted by Crippen LogP contribution is 2.27. The number of carbonyl (C=O) groups is 1. The largest absolute Gasteiger partial charge is 0.377 e. The lowest BCUT2D eigenvalue weighted by Gasteiger charge is -2.13. The molecule has 0 fully saturated rings. The average Bonchev–Trinajstić information content (AvgIpc) is 2.69. The normalized spacial score (nSPS) is 11.5. The van der Waals surface area contributed by atoms with E-state index >= 15 is 0 Å². The second-order valence-corrected chi connectivity index (χ2v) is 10.0. The lowest BCUT2D eigenvalue weighted by Crippen LogP contribution is -2.34. The van der Waals surface area contributed by atoms with Crippen molar-refractivity contribution in [3.63, 3.8) is 0 Å². The maximum atomic E-state index is 12.5. The van der Waals surface area contributed by atoms with Crippen LogP contribution in [0.2, 0.25) is 5.02 Å². The molecule has 2 N–H and O–H groups in total. The van der Waals surface area contributed by atoms with E-state index < -0.39 is 26.2 Å². The Bertz CT molecular complexity index is 1310. The van der Waals surface area contributed by atoms with Crippen molar-refractivity contribution in [2.75, 3.05) is 5.32 Å². The number of aryl methyl sites for hydroxylation is 1. The molecule has 2 amide bonds. The number of para-hydroxylation sites is 2. The molecule has 0 unspecified atom stereocenters. The molecule has 0 aliphatic rings. The Kier molecular flexibility index (Phi) is 6.54. The van der Waals surface area contributed by atoms with Gasteiger partial charge in [-0.2, -0.15) is 8.42 Å². The van der Waals surface area contributed by atoms with Gasteiger partial charge in [-0.25, -0.2) is 17.9 Å². The van der Waals surface area contributed by atoms with Gasteiger partial charge in [0.05, 0.1) is 10.6 Å². The Balaban J connectivity index is 1.78. The SMILES string of the molecule is Cc1ccc(S(=O)(=O)Oc2ccccc2NC(=O)NS(=O)(=O)c2ccc(Cl)cc2)cc1. The van der Waals surface area contributed by atoms with Gasteiger partial charge in [0.2, 0.25) is 0 Å². The molecule has 0 radical (unpaired) electrons. The minimum absolute atomic E-state index is 0.0398. The van der Waals surface area contributed by atoms with Gasteiger partial charge in [-0.05, 0) is 55.5 Å². The van der Waals surface area contributed by atoms with E-state index in [9.17, 15) is 21.6 Å². The molecule has 162 valence electrons. The van der Waals surface area contributed by atoms with Gasteiger partial charge < -0.3 is 9.50 Å². The number of benzene rings is 3. The lowest BCUT2D eigenvalue weighted by molar-refractivity contribution is 0.256. The van der Waals surface area contributed by atoms with E-state index in [-0.39, 0.29) is 21.2 Å². The molecule has 0 saturated heterocycles. The van der Waals surface area contributed by atoms with Crippen molar-refractivity contribution < 1.29 is 25.8 Å². The summed E-state index contributed by atoms with van der Waals surface area (Å²) < 4.78 is 56.7. The molecule has 0 aromatic heterocycles. The third-order valence-electron chi connectivity index (χ3n) is 4.00. The quantitative estimate of drug-likeness (QED) is 0.516. The van der Waals surface area contributed by atoms with Crippen LogP contribution >= 0.6 is 11.6 Å². The summed E-state index contributed by atoms with van der Waals surface area (Å²) in [5, 5.41) is 2.62. The first kappa shape index (κ1) is 22.6. The highest BCUT2D eigenvalue weighted by molar-refractivity contribution is 7.90. The summed E-state index contributed by atoms with van der Waals surface area (Å²) >= 11 is 5.74. The molecule has 11 heteroatoms. The summed E-state index contributed by atoms with van der Waals surface area (Å²) in [6.07, 6.45) is 0. The number of hydrogen-bond acceptors (Lipinski definition) is 6. The van der Waals surface area contributed by atoms with Gasteiger partial charge in [0.1, 0.15) is 4.90 Å². The molecule has 0 aliphatic heterocycles. The number of sulfonamides is 1. The van der Waals surface area contributed by atoms with Crippen LogP contribution in [0.3, 0.4) is 0 Å². The zero-order valence-corrected chi connectivity index (χ0v) is 18.5. The molecule has 3 rings (SSSR count). The van der Waals surface area contributed by atoms with Gasteiger partial charge in [0.15, 0.2) is 5.75 Å². The van der Waals surface area contributed by atoms with E-state index in [1.54, 1.807) is 12.1 Å². The van der Waals surface area contributed by atoms with E-state index in [2.05, 4.69) is 5.32 Å². The van der Waals surface area contributed by atoms with E-state index in [0.29, 0.717) is 5.02 Å². The third kappa shape index (κ3) is 5.75. The number of halogens is 1. The molecule has 0 atom stereocenters. The summed E-state index contributed by atoms with van der Waals surface area (Å²) in [5.41, 5.74) is 0.835. The topological polar surface area (TPSA) is 119 Å². The van der Waals surface area contributed by atoms with Crippen molar-refractivity contribution in [2.45, 2.75) is 16.7 Å². The Labute approximate surface area is 185 Å². The first-order valence-corrected chi connectivity index (χ1v) is 12.0. The summed E-state index contributed by atoms with van der Waals surface area (Å²) in [4.78, 5) is 12.0. The lowest BCUT2D eigenvalue weighted by atomic mass is 10.2. The smallest absolute Gasteiger partial charge is 0.339 e. The van der Waals surface area contributed by atoms with Crippen LogP contribution in [0.4, 0.5) is 10.5 Å². The summed E-state index contributed by atoms with van der Waals surface area (Å²) in [6.45, 7) is 1.81. The van der Waals surface area contributed by atoms with Crippen molar-refractivity contribution in [1.82, 2.24) is 4.72 Å². The molecule has 3 aromatic carbocycles. The number of carbonyl (C=O) groups excluding carboxylic acids is 1. The van der Waals surface area contributed by atoms with Crippen LogP contribution in [-0.4, -0.2) is 22.9 Å². The molecule has 8 nitrogen and oxygen atoms in total. The number of rotatable bonds is 6. The first-order chi connectivity index (χ1) is 14.6. The van der Waals surface area contributed by atoms with Crippen LogP contribution < -0.4 is 14.2 Å². The molecule has 0 saturated carbocycles. The van der Waals surface area contributed by atoms with Gasteiger partial charge in [-0.15, -0.1) is 0 Å². The molecule has 0 aliphatic carbocycles. The fourth-order valence-electron chi connectivity index (χ4n) is 2.46. The fraction of sp³-hybridized carbons (Fsp3) is 0.0500. The Morgan fingerprint density at radius 1 is 0.839 bits per heavy atom. The van der Waals surface area contributed by atoms with E-state index in [1.807, 2.05) is 11.6 Å². The zero-order valence-electron chi connectivity index (χ0n) is 16.1. The number of nitrogens with one attached hydrogen (secondary N) is 2. The Morgan fingerprint density at radius 2 is 1.42 bits per heavy atom. The van der Waals surface area contributed by atoms with Gasteiger partial charge in [0.25, 0.3) is 10.0 Å². The number of urea groups is 1. The maximum absolute atomic E-state index is 12.5. The predicted octanol–water partition coefficient (Wildman–Crippen LogP) is 3.93. The van der Waals surface area contributed by atoms with Gasteiger partial charge in [0, 0.05) is 5.02 Å². The van der Waals surface area contributed by atoms with Crippen LogP contribution in [0.5, 0.6) is 5.75 Å². The van der Waals surface area contributed by atoms with Crippen molar-refractivity contribution in [3.8, 4) is 5.75 Å². The Hall–Kier alpha value is -3.08. The zero-order chi connectivity index (χ0) is 22.6. The van der Waals surface area contributed by atoms with Crippen LogP contribution in [0.25, 0.3) is 0 Å². The molecule has 0 bridgehead atoms. The summed E-state index contributed by atoms with van der Waals surface area (Å²) in [7, 11) is -8.34. The van der Waals surface area contributed by atoms with Crippen molar-refractivity contribution >= 4 is 43.5 Å². The van der Waals surface area contributed by atoms with E-state index in [1.165, 1.54) is 60.7 Å². The summed E-state index contributed by atoms with van der Waals surface area (Å²) in [5.74, 6) is -0.179. The highest BCUT2D eigenvalue weighted by Gasteiger charge is 2.21. The number of hydrogen-bond donors (Lipinski definition) is 2. The average molecular weight is 481 g/mol. The second kappa shape index (κ2) is 8.96. The molecular formula is C20H17ClN2O6S2. The van der Waals surface area contributed by atoms with E-state index in [4.69, 9.17) is 15.8 Å². The van der Waals surface area contributed by atoms with Gasteiger partial charge >= 0.3 is 16.1 Å².